The van der Waals surface area contributed by atoms with Crippen molar-refractivity contribution in [3.63, 3.8) is 0 Å². The molecule has 2 aromatic carbocycles. The number of hydrogen-bond acceptors (Lipinski definition) is 4. The lowest BCUT2D eigenvalue weighted by Gasteiger charge is -2.08. The third-order valence-corrected chi connectivity index (χ3v) is 4.30. The molecule has 0 aliphatic rings. The van der Waals surface area contributed by atoms with Crippen LogP contribution >= 0.6 is 0 Å². The van der Waals surface area contributed by atoms with Crippen LogP contribution in [0.2, 0.25) is 0 Å². The van der Waals surface area contributed by atoms with E-state index in [-0.39, 0.29) is 11.7 Å². The maximum Gasteiger partial charge on any atom is 0.253 e. The van der Waals surface area contributed by atoms with Crippen LogP contribution in [-0.2, 0) is 13.0 Å². The summed E-state index contributed by atoms with van der Waals surface area (Å²) in [6, 6.07) is 17.7. The molecule has 0 aliphatic carbocycles. The number of nitrogens with zero attached hydrogens (tertiary/aromatic N) is 1. The summed E-state index contributed by atoms with van der Waals surface area (Å²) in [7, 11) is 1.61. The quantitative estimate of drug-likeness (QED) is 0.625. The molecule has 1 aromatic heterocycles. The van der Waals surface area contributed by atoms with Gasteiger partial charge in [-0.25, -0.2) is 9.37 Å². The number of aromatic nitrogens is 1. The Morgan fingerprint density at radius 2 is 1.86 bits per heavy atom. The second kappa shape index (κ2) is 9.50. The van der Waals surface area contributed by atoms with Crippen LogP contribution in [0.25, 0.3) is 0 Å². The Kier molecular flexibility index (Phi) is 6.57. The summed E-state index contributed by atoms with van der Waals surface area (Å²) in [5.41, 5.74) is 2.12. The van der Waals surface area contributed by atoms with Crippen LogP contribution in [0.1, 0.15) is 21.5 Å². The largest absolute Gasteiger partial charge is 0.497 e. The van der Waals surface area contributed by atoms with Gasteiger partial charge in [0.25, 0.3) is 5.91 Å². The van der Waals surface area contributed by atoms with Gasteiger partial charge in [0.05, 0.1) is 12.7 Å². The van der Waals surface area contributed by atoms with Gasteiger partial charge in [-0.3, -0.25) is 4.79 Å². The van der Waals surface area contributed by atoms with E-state index < -0.39 is 0 Å². The van der Waals surface area contributed by atoms with Gasteiger partial charge < -0.3 is 15.4 Å². The molecule has 28 heavy (non-hydrogen) atoms. The van der Waals surface area contributed by atoms with Crippen LogP contribution < -0.4 is 15.4 Å². The van der Waals surface area contributed by atoms with Gasteiger partial charge in [-0.1, -0.05) is 30.3 Å². The number of nitrogens with one attached hydrogen (secondary N) is 2. The molecule has 0 radical (unpaired) electrons. The zero-order valence-electron chi connectivity index (χ0n) is 15.6. The van der Waals surface area contributed by atoms with Crippen molar-refractivity contribution >= 4 is 11.7 Å². The van der Waals surface area contributed by atoms with Crippen LogP contribution in [-0.4, -0.2) is 24.5 Å². The number of hydrogen-bond donors (Lipinski definition) is 2. The topological polar surface area (TPSA) is 63.2 Å². The summed E-state index contributed by atoms with van der Waals surface area (Å²) in [5, 5.41) is 6.00. The van der Waals surface area contributed by atoms with Crippen molar-refractivity contribution in [3.8, 4) is 5.75 Å². The Morgan fingerprint density at radius 1 is 1.07 bits per heavy atom. The third-order valence-electron chi connectivity index (χ3n) is 4.30. The monoisotopic (exact) mass is 379 g/mol. The van der Waals surface area contributed by atoms with E-state index in [4.69, 9.17) is 4.74 Å². The predicted octanol–water partition coefficient (Wildman–Crippen LogP) is 3.81. The number of anilines is 1. The molecule has 144 valence electrons. The Bertz CT molecular complexity index is 912. The standard InChI is InChI=1S/C22H22FN3O2/c1-28-19-9-6-16(7-10-19)14-26-22(27)18-8-11-21(25-15-18)24-13-12-17-4-2-3-5-20(17)23/h2-11,15H,12-14H2,1H3,(H,24,25)(H,26,27). The van der Waals surface area contributed by atoms with Gasteiger partial charge in [-0.2, -0.15) is 0 Å². The molecular formula is C22H22FN3O2. The normalized spacial score (nSPS) is 10.4. The van der Waals surface area contributed by atoms with Crippen molar-refractivity contribution in [2.24, 2.45) is 0 Å². The number of halogens is 1. The zero-order valence-corrected chi connectivity index (χ0v) is 15.6. The van der Waals surface area contributed by atoms with E-state index in [0.717, 1.165) is 11.3 Å². The van der Waals surface area contributed by atoms with Crippen molar-refractivity contribution in [1.82, 2.24) is 10.3 Å². The van der Waals surface area contributed by atoms with Gasteiger partial charge in [0.2, 0.25) is 0 Å². The Morgan fingerprint density at radius 3 is 2.54 bits per heavy atom. The fourth-order valence-electron chi connectivity index (χ4n) is 2.69. The van der Waals surface area contributed by atoms with Crippen molar-refractivity contribution < 1.29 is 13.9 Å². The fraction of sp³-hybridized carbons (Fsp3) is 0.182. The molecule has 5 nitrogen and oxygen atoms in total. The highest BCUT2D eigenvalue weighted by Crippen LogP contribution is 2.12. The third kappa shape index (κ3) is 5.30. The van der Waals surface area contributed by atoms with E-state index in [0.29, 0.717) is 36.5 Å². The van der Waals surface area contributed by atoms with Crippen molar-refractivity contribution in [1.29, 1.82) is 0 Å². The lowest BCUT2D eigenvalue weighted by atomic mass is 10.1. The smallest absolute Gasteiger partial charge is 0.253 e. The summed E-state index contributed by atoms with van der Waals surface area (Å²) in [6.45, 7) is 0.975. The van der Waals surface area contributed by atoms with E-state index in [1.54, 1.807) is 31.4 Å². The van der Waals surface area contributed by atoms with Gasteiger partial charge in [-0.05, 0) is 47.9 Å². The molecule has 0 aliphatic heterocycles. The van der Waals surface area contributed by atoms with Crippen LogP contribution in [0.4, 0.5) is 10.2 Å². The first-order chi connectivity index (χ1) is 13.7. The number of ether oxygens (including phenoxy) is 1. The summed E-state index contributed by atoms with van der Waals surface area (Å²) in [5.74, 6) is 1.02. The molecule has 1 heterocycles. The minimum Gasteiger partial charge on any atom is -0.497 e. The van der Waals surface area contributed by atoms with E-state index in [1.807, 2.05) is 30.3 Å². The molecule has 6 heteroatoms. The van der Waals surface area contributed by atoms with Gasteiger partial charge in [-0.15, -0.1) is 0 Å². The highest BCUT2D eigenvalue weighted by atomic mass is 19.1. The first kappa shape index (κ1) is 19.4. The predicted molar refractivity (Wildman–Crippen MR) is 107 cm³/mol. The first-order valence-corrected chi connectivity index (χ1v) is 9.00. The number of rotatable bonds is 8. The number of methoxy groups -OCH3 is 1. The molecule has 1 amide bonds. The highest BCUT2D eigenvalue weighted by Gasteiger charge is 2.07. The number of pyridine rings is 1. The lowest BCUT2D eigenvalue weighted by molar-refractivity contribution is 0.0950. The number of amides is 1. The SMILES string of the molecule is COc1ccc(CNC(=O)c2ccc(NCCc3ccccc3F)nc2)cc1. The zero-order chi connectivity index (χ0) is 19.8. The van der Waals surface area contributed by atoms with E-state index in [2.05, 4.69) is 15.6 Å². The summed E-state index contributed by atoms with van der Waals surface area (Å²) < 4.78 is 18.7. The van der Waals surface area contributed by atoms with Crippen LogP contribution in [0, 0.1) is 5.82 Å². The molecule has 3 aromatic rings. The highest BCUT2D eigenvalue weighted by molar-refractivity contribution is 5.94. The average Bonchev–Trinajstić information content (AvgIpc) is 2.74. The van der Waals surface area contributed by atoms with Crippen LogP contribution in [0.3, 0.4) is 0 Å². The average molecular weight is 379 g/mol. The molecule has 0 saturated carbocycles. The maximum absolute atomic E-state index is 13.6. The van der Waals surface area contributed by atoms with Gasteiger partial charge in [0, 0.05) is 19.3 Å². The minimum absolute atomic E-state index is 0.193. The van der Waals surface area contributed by atoms with Crippen molar-refractivity contribution in [2.45, 2.75) is 13.0 Å². The summed E-state index contributed by atoms with van der Waals surface area (Å²) >= 11 is 0. The van der Waals surface area contributed by atoms with Crippen LogP contribution in [0.15, 0.2) is 66.9 Å². The molecule has 0 fully saturated rings. The van der Waals surface area contributed by atoms with E-state index in [1.165, 1.54) is 12.3 Å². The number of benzene rings is 2. The number of carbonyl (C=O) groups excluding carboxylic acids is 1. The molecule has 0 unspecified atom stereocenters. The first-order valence-electron chi connectivity index (χ1n) is 9.00. The number of carbonyl (C=O) groups is 1. The van der Waals surface area contributed by atoms with Crippen LogP contribution in [0.5, 0.6) is 5.75 Å². The lowest BCUT2D eigenvalue weighted by Crippen LogP contribution is -2.23. The molecule has 0 bridgehead atoms. The molecule has 3 rings (SSSR count). The van der Waals surface area contributed by atoms with Crippen molar-refractivity contribution in [3.05, 3.63) is 89.4 Å². The second-order valence-electron chi connectivity index (χ2n) is 6.23. The Labute approximate surface area is 163 Å². The molecule has 0 saturated heterocycles. The van der Waals surface area contributed by atoms with E-state index >= 15 is 0 Å². The van der Waals surface area contributed by atoms with Gasteiger partial charge in [0.15, 0.2) is 0 Å². The molecule has 0 atom stereocenters. The summed E-state index contributed by atoms with van der Waals surface area (Å²) in [4.78, 5) is 16.5. The van der Waals surface area contributed by atoms with Gasteiger partial charge in [0.1, 0.15) is 17.4 Å². The van der Waals surface area contributed by atoms with Crippen molar-refractivity contribution in [2.75, 3.05) is 19.0 Å². The summed E-state index contributed by atoms with van der Waals surface area (Å²) in [6.07, 6.45) is 2.08. The molecular weight excluding hydrogens is 357 g/mol. The Hall–Kier alpha value is -3.41. The Balaban J connectivity index is 1.47. The van der Waals surface area contributed by atoms with E-state index in [9.17, 15) is 9.18 Å². The maximum atomic E-state index is 13.6. The molecule has 2 N–H and O–H groups in total. The molecule has 0 spiro atoms. The minimum atomic E-state index is -0.207. The fourth-order valence-corrected chi connectivity index (χ4v) is 2.69. The van der Waals surface area contributed by atoms with Gasteiger partial charge >= 0.3 is 0 Å². The second-order valence-corrected chi connectivity index (χ2v) is 6.23.